The van der Waals surface area contributed by atoms with Crippen molar-refractivity contribution in [2.75, 3.05) is 0 Å². The highest BCUT2D eigenvalue weighted by Crippen LogP contribution is 1.96. The Morgan fingerprint density at radius 3 is 2.75 bits per heavy atom. The molecule has 0 N–H and O–H groups in total. The molecule has 0 spiro atoms. The number of nitrogens with zero attached hydrogens (tertiary/aromatic N) is 2. The van der Waals surface area contributed by atoms with E-state index in [0.717, 1.165) is 5.69 Å². The SMILES string of the molecule is C[CH]c1cncn1C. The average Bonchev–Trinajstić information content (AvgIpc) is 2.14. The van der Waals surface area contributed by atoms with Crippen molar-refractivity contribution in [1.82, 2.24) is 9.55 Å². The van der Waals surface area contributed by atoms with Gasteiger partial charge in [-0.1, -0.05) is 6.92 Å². The van der Waals surface area contributed by atoms with E-state index in [2.05, 4.69) is 4.98 Å². The van der Waals surface area contributed by atoms with E-state index < -0.39 is 0 Å². The first kappa shape index (κ1) is 5.35. The van der Waals surface area contributed by atoms with Gasteiger partial charge >= 0.3 is 0 Å². The lowest BCUT2D eigenvalue weighted by Gasteiger charge is -1.92. The average molecular weight is 109 g/mol. The minimum Gasteiger partial charge on any atom is -0.337 e. The standard InChI is InChI=1S/C6H9N2/c1-3-6-4-7-5-8(6)2/h3-5H,1-2H3. The molecule has 0 bridgehead atoms. The highest BCUT2D eigenvalue weighted by atomic mass is 15.0. The Balaban J connectivity index is 2.92. The van der Waals surface area contributed by atoms with Gasteiger partial charge in [0, 0.05) is 25.4 Å². The first-order valence-electron chi connectivity index (χ1n) is 2.60. The molecule has 1 aromatic rings. The van der Waals surface area contributed by atoms with Crippen LogP contribution in [0.15, 0.2) is 12.5 Å². The van der Waals surface area contributed by atoms with Crippen LogP contribution in [0.25, 0.3) is 0 Å². The van der Waals surface area contributed by atoms with E-state index in [1.54, 1.807) is 6.33 Å². The number of rotatable bonds is 1. The number of hydrogen-bond acceptors (Lipinski definition) is 1. The van der Waals surface area contributed by atoms with Crippen LogP contribution in [0.4, 0.5) is 0 Å². The Kier molecular flexibility index (Phi) is 1.33. The summed E-state index contributed by atoms with van der Waals surface area (Å²) in [4.78, 5) is 3.92. The van der Waals surface area contributed by atoms with Gasteiger partial charge < -0.3 is 4.57 Å². The lowest BCUT2D eigenvalue weighted by Crippen LogP contribution is -1.88. The van der Waals surface area contributed by atoms with Gasteiger partial charge in [0.1, 0.15) is 0 Å². The van der Waals surface area contributed by atoms with Crippen molar-refractivity contribution in [2.24, 2.45) is 7.05 Å². The highest BCUT2D eigenvalue weighted by molar-refractivity contribution is 5.07. The van der Waals surface area contributed by atoms with Crippen molar-refractivity contribution in [3.63, 3.8) is 0 Å². The van der Waals surface area contributed by atoms with Crippen molar-refractivity contribution >= 4 is 0 Å². The van der Waals surface area contributed by atoms with E-state index >= 15 is 0 Å². The summed E-state index contributed by atoms with van der Waals surface area (Å²) < 4.78 is 1.97. The van der Waals surface area contributed by atoms with Crippen LogP contribution < -0.4 is 0 Å². The third-order valence-electron chi connectivity index (χ3n) is 1.15. The Morgan fingerprint density at radius 2 is 2.50 bits per heavy atom. The molecule has 0 amide bonds. The molecule has 0 saturated carbocycles. The smallest absolute Gasteiger partial charge is 0.0945 e. The van der Waals surface area contributed by atoms with E-state index in [1.165, 1.54) is 0 Å². The summed E-state index contributed by atoms with van der Waals surface area (Å²) in [6.45, 7) is 2.00. The molecule has 2 nitrogen and oxygen atoms in total. The van der Waals surface area contributed by atoms with Crippen LogP contribution >= 0.6 is 0 Å². The third kappa shape index (κ3) is 0.735. The van der Waals surface area contributed by atoms with Gasteiger partial charge in [-0.2, -0.15) is 0 Å². The summed E-state index contributed by atoms with van der Waals surface area (Å²) in [5.74, 6) is 0. The largest absolute Gasteiger partial charge is 0.337 e. The number of aryl methyl sites for hydroxylation is 1. The van der Waals surface area contributed by atoms with Crippen LogP contribution in [0.1, 0.15) is 12.6 Å². The van der Waals surface area contributed by atoms with E-state index in [1.807, 2.05) is 31.2 Å². The molecular weight excluding hydrogens is 100 g/mol. The topological polar surface area (TPSA) is 17.8 Å². The molecular formula is C6H9N2. The molecule has 1 radical (unpaired) electrons. The number of imidazole rings is 1. The third-order valence-corrected chi connectivity index (χ3v) is 1.15. The minimum absolute atomic E-state index is 1.16. The second-order valence-electron chi connectivity index (χ2n) is 1.72. The summed E-state index contributed by atoms with van der Waals surface area (Å²) in [5.41, 5.74) is 1.16. The lowest BCUT2D eigenvalue weighted by atomic mass is 10.4. The second kappa shape index (κ2) is 1.99. The van der Waals surface area contributed by atoms with Gasteiger partial charge in [0.15, 0.2) is 0 Å². The molecule has 0 aromatic carbocycles. The van der Waals surface area contributed by atoms with Gasteiger partial charge in [0.05, 0.1) is 6.33 Å². The van der Waals surface area contributed by atoms with Gasteiger partial charge in [-0.15, -0.1) is 0 Å². The summed E-state index contributed by atoms with van der Waals surface area (Å²) in [7, 11) is 1.97. The van der Waals surface area contributed by atoms with Crippen molar-refractivity contribution in [3.8, 4) is 0 Å². The Hall–Kier alpha value is -0.790. The molecule has 0 fully saturated rings. The van der Waals surface area contributed by atoms with E-state index in [4.69, 9.17) is 0 Å². The monoisotopic (exact) mass is 109 g/mol. The molecule has 1 aromatic heterocycles. The molecule has 0 unspecified atom stereocenters. The summed E-state index contributed by atoms with van der Waals surface area (Å²) in [6, 6.07) is 0. The van der Waals surface area contributed by atoms with Gasteiger partial charge in [0.2, 0.25) is 0 Å². The Labute approximate surface area is 49.2 Å². The van der Waals surface area contributed by atoms with Gasteiger partial charge in [0.25, 0.3) is 0 Å². The van der Waals surface area contributed by atoms with Crippen molar-refractivity contribution in [2.45, 2.75) is 6.92 Å². The van der Waals surface area contributed by atoms with Crippen LogP contribution in [0.5, 0.6) is 0 Å². The van der Waals surface area contributed by atoms with E-state index in [-0.39, 0.29) is 0 Å². The zero-order chi connectivity index (χ0) is 5.98. The Bertz CT molecular complexity index is 167. The maximum atomic E-state index is 3.92. The lowest BCUT2D eigenvalue weighted by molar-refractivity contribution is 0.879. The van der Waals surface area contributed by atoms with Crippen molar-refractivity contribution < 1.29 is 0 Å². The maximum absolute atomic E-state index is 3.92. The molecule has 0 aliphatic heterocycles. The summed E-state index contributed by atoms with van der Waals surface area (Å²) in [6.07, 6.45) is 5.64. The van der Waals surface area contributed by atoms with Crippen LogP contribution in [0.2, 0.25) is 0 Å². The van der Waals surface area contributed by atoms with E-state index in [0.29, 0.717) is 0 Å². The molecule has 0 atom stereocenters. The normalized spacial score (nSPS) is 9.75. The maximum Gasteiger partial charge on any atom is 0.0945 e. The predicted octanol–water partition coefficient (Wildman–Crippen LogP) is 0.992. The predicted molar refractivity (Wildman–Crippen MR) is 32.3 cm³/mol. The molecule has 0 saturated heterocycles. The fourth-order valence-corrected chi connectivity index (χ4v) is 0.646. The number of hydrogen-bond donors (Lipinski definition) is 0. The molecule has 1 heterocycles. The van der Waals surface area contributed by atoms with Crippen LogP contribution in [-0.2, 0) is 7.05 Å². The van der Waals surface area contributed by atoms with Crippen LogP contribution in [0.3, 0.4) is 0 Å². The zero-order valence-electron chi connectivity index (χ0n) is 5.13. The van der Waals surface area contributed by atoms with Gasteiger partial charge in [-0.05, 0) is 0 Å². The molecule has 1 rings (SSSR count). The summed E-state index contributed by atoms with van der Waals surface area (Å²) >= 11 is 0. The first-order chi connectivity index (χ1) is 3.84. The van der Waals surface area contributed by atoms with Crippen LogP contribution in [-0.4, -0.2) is 9.55 Å². The quantitative estimate of drug-likeness (QED) is 0.526. The molecule has 0 aliphatic rings. The van der Waals surface area contributed by atoms with Gasteiger partial charge in [-0.3, -0.25) is 0 Å². The first-order valence-corrected chi connectivity index (χ1v) is 2.60. The van der Waals surface area contributed by atoms with Crippen molar-refractivity contribution in [1.29, 1.82) is 0 Å². The highest BCUT2D eigenvalue weighted by Gasteiger charge is 1.90. The molecule has 0 aliphatic carbocycles. The fourth-order valence-electron chi connectivity index (χ4n) is 0.646. The molecule has 8 heavy (non-hydrogen) atoms. The number of aromatic nitrogens is 2. The zero-order valence-corrected chi connectivity index (χ0v) is 5.13. The molecule has 43 valence electrons. The minimum atomic E-state index is 1.16. The van der Waals surface area contributed by atoms with Crippen molar-refractivity contribution in [3.05, 3.63) is 24.6 Å². The Morgan fingerprint density at radius 1 is 1.75 bits per heavy atom. The van der Waals surface area contributed by atoms with Gasteiger partial charge in [-0.25, -0.2) is 4.98 Å². The molecule has 2 heteroatoms. The second-order valence-corrected chi connectivity index (χ2v) is 1.72. The fraction of sp³-hybridized carbons (Fsp3) is 0.333. The summed E-state index contributed by atoms with van der Waals surface area (Å²) in [5, 5.41) is 0. The van der Waals surface area contributed by atoms with E-state index in [9.17, 15) is 0 Å². The van der Waals surface area contributed by atoms with Crippen LogP contribution in [0, 0.1) is 6.42 Å².